The molecule has 0 amide bonds. The molecule has 0 unspecified atom stereocenters. The molecule has 0 aliphatic heterocycles. The summed E-state index contributed by atoms with van der Waals surface area (Å²) in [7, 11) is 3.40. The second-order valence-corrected chi connectivity index (χ2v) is 31.9. The molecule has 21 rings (SSSR count). The smallest absolute Gasteiger partial charge is 0.187 e. The lowest BCUT2D eigenvalue weighted by atomic mass is 10.1. The zero-order chi connectivity index (χ0) is 85.0. The van der Waals surface area contributed by atoms with Gasteiger partial charge in [-0.3, -0.25) is 0 Å². The monoisotopic (exact) mass is 1610 g/mol. The van der Waals surface area contributed by atoms with Gasteiger partial charge in [0, 0.05) is 66.4 Å². The van der Waals surface area contributed by atoms with Gasteiger partial charge in [-0.1, -0.05) is 191 Å². The third-order valence-electron chi connectivity index (χ3n) is 23.6. The number of rotatable bonds is 14. The second-order valence-electron chi connectivity index (χ2n) is 31.9. The lowest BCUT2D eigenvalue weighted by molar-refractivity contribution is 0.414. The Morgan fingerprint density at radius 2 is 0.435 bits per heavy atom. The van der Waals surface area contributed by atoms with Gasteiger partial charge in [0.15, 0.2) is 5.69 Å². The normalized spacial score (nSPS) is 11.3. The molecule has 0 saturated carbocycles. The maximum Gasteiger partial charge on any atom is 0.187 e. The molecule has 6 heterocycles. The van der Waals surface area contributed by atoms with Gasteiger partial charge in [0.05, 0.1) is 99.7 Å². The Kier molecular flexibility index (Phi) is 20.5. The first kappa shape index (κ1) is 77.9. The highest BCUT2D eigenvalue weighted by atomic mass is 19.1. The average Bonchev–Trinajstić information content (AvgIpc) is 1.59. The van der Waals surface area contributed by atoms with Crippen molar-refractivity contribution in [2.24, 2.45) is 0 Å². The van der Waals surface area contributed by atoms with Gasteiger partial charge in [-0.25, -0.2) is 13.6 Å². The number of nitriles is 1. The van der Waals surface area contributed by atoms with Crippen molar-refractivity contribution in [3.05, 3.63) is 426 Å². The van der Waals surface area contributed by atoms with E-state index in [2.05, 4.69) is 323 Å². The minimum Gasteiger partial charge on any atom is -0.497 e. The van der Waals surface area contributed by atoms with Crippen LogP contribution in [0, 0.1) is 71.1 Å². The maximum absolute atomic E-state index is 13.9. The number of hydrogen-bond donors (Lipinski definition) is 0. The number of nitrogens with zero attached hydrogens (tertiary/aromatic N) is 8. The first-order valence-corrected chi connectivity index (χ1v) is 41.3. The van der Waals surface area contributed by atoms with Crippen molar-refractivity contribution in [2.75, 3.05) is 14.2 Å². The van der Waals surface area contributed by atoms with Gasteiger partial charge in [-0.2, -0.15) is 5.26 Å². The molecule has 0 bridgehead atoms. The Labute approximate surface area is 718 Å². The number of ether oxygens (including phenoxy) is 2. The summed E-state index contributed by atoms with van der Waals surface area (Å²) in [4.78, 5) is 3.59. The van der Waals surface area contributed by atoms with Crippen LogP contribution in [0.5, 0.6) is 11.5 Å². The van der Waals surface area contributed by atoms with E-state index in [4.69, 9.17) is 16.0 Å². The Morgan fingerprint density at radius 1 is 0.250 bits per heavy atom. The maximum atomic E-state index is 13.9. The first-order chi connectivity index (χ1) is 60.5. The fourth-order valence-corrected chi connectivity index (χ4v) is 17.0. The van der Waals surface area contributed by atoms with Crippen LogP contribution < -0.4 is 9.47 Å². The van der Waals surface area contributed by atoms with Crippen LogP contribution in [0.1, 0.15) is 38.9 Å². The predicted molar refractivity (Wildman–Crippen MR) is 505 cm³/mol. The highest BCUT2D eigenvalue weighted by Crippen LogP contribution is 2.44. The summed E-state index contributed by atoms with van der Waals surface area (Å²) >= 11 is 0. The van der Waals surface area contributed by atoms with Gasteiger partial charge in [0.2, 0.25) is 0 Å². The highest BCUT2D eigenvalue weighted by molar-refractivity contribution is 6.06. The van der Waals surface area contributed by atoms with Gasteiger partial charge in [0.25, 0.3) is 0 Å². The van der Waals surface area contributed by atoms with Crippen LogP contribution in [0.25, 0.3) is 172 Å². The van der Waals surface area contributed by atoms with Crippen LogP contribution in [-0.2, 0) is 0 Å². The summed E-state index contributed by atoms with van der Waals surface area (Å²) in [6, 6.07) is 126. The molecule has 6 aromatic heterocycles. The standard InChI is InChI=1S/C38H26N4.C38H32N2O2.C36H26F2N2/c1-25-4-10-28(11-5-25)35-20-30-23-38-31(22-37(30)41(35)33-16-8-27(24-39)9-17-33)21-36(29-12-6-26(2)7-13-29)42(38)34-18-14-32(40-3)15-19-34;1-25-5-9-27(10-6-25)35-21-29-23-38-30(24-37(29)39(35)31-13-17-33(41-3)18-14-31)22-36(28-11-7-26(2)8-12-28)40(38)32-15-19-34(42-4)20-16-32;1-23-3-7-25(8-4-23)33-19-27-21-36-28(22-35(27)39(33)31-15-11-29(37)12-16-31)20-34(26-9-5-24(2)6-10-26)40(36)32-17-13-30(38)14-18-32/h4-23H,1-2H3;5-24H,1-4H3;3-22H,1-2H3. The molecule has 124 heavy (non-hydrogen) atoms. The molecule has 0 N–H and O–H groups in total. The van der Waals surface area contributed by atoms with E-state index in [1.165, 1.54) is 79.5 Å². The average molecular weight is 1610 g/mol. The molecule has 0 aliphatic carbocycles. The molecular formula is C112H84F2N8O2. The Bertz CT molecular complexity index is 7210. The minimum atomic E-state index is -0.265. The Balaban J connectivity index is 0.000000122. The van der Waals surface area contributed by atoms with Crippen LogP contribution >= 0.6 is 0 Å². The number of benzene rings is 15. The van der Waals surface area contributed by atoms with E-state index >= 15 is 0 Å². The first-order valence-electron chi connectivity index (χ1n) is 41.3. The van der Waals surface area contributed by atoms with E-state index < -0.39 is 0 Å². The van der Waals surface area contributed by atoms with Crippen LogP contribution in [0.3, 0.4) is 0 Å². The predicted octanol–water partition coefficient (Wildman–Crippen LogP) is 29.3. The lowest BCUT2D eigenvalue weighted by Gasteiger charge is -2.13. The quantitative estimate of drug-likeness (QED) is 0.102. The molecule has 15 aromatic carbocycles. The van der Waals surface area contributed by atoms with Crippen molar-refractivity contribution in [1.82, 2.24) is 27.4 Å². The number of hydrogen-bond acceptors (Lipinski definition) is 3. The van der Waals surface area contributed by atoms with Crippen molar-refractivity contribution in [3.8, 4) is 119 Å². The fraction of sp³-hybridized carbons (Fsp3) is 0.0714. The zero-order valence-electron chi connectivity index (χ0n) is 69.8. The number of methoxy groups -OCH3 is 2. The summed E-state index contributed by atoms with van der Waals surface area (Å²) in [5.41, 5.74) is 34.4. The lowest BCUT2D eigenvalue weighted by Crippen LogP contribution is -1.98. The topological polar surface area (TPSA) is 76.2 Å². The van der Waals surface area contributed by atoms with E-state index in [1.807, 2.05) is 97.1 Å². The van der Waals surface area contributed by atoms with Crippen molar-refractivity contribution in [2.45, 2.75) is 41.5 Å². The number of halogens is 2. The minimum absolute atomic E-state index is 0.265. The third-order valence-corrected chi connectivity index (χ3v) is 23.6. The summed E-state index contributed by atoms with van der Waals surface area (Å²) in [6.45, 7) is 20.0. The largest absolute Gasteiger partial charge is 0.497 e. The van der Waals surface area contributed by atoms with E-state index in [1.54, 1.807) is 14.2 Å². The SMILES string of the molecule is COc1ccc(-n2c(-c3ccc(C)cc3)cc3cc4c(cc(-c5ccc(C)cc5)n4-c4ccc(OC)cc4)cc32)cc1.Cc1ccc(-c2cc3cc4c(cc(-c5ccc(C)cc5)n4-c4ccc(F)cc4)cc3n2-c2ccc(F)cc2)cc1.[C-]#[N+]c1ccc(-n2c(-c3ccc(C)cc3)cc3cc4c(cc(-c5ccc(C)cc5)n4-c4ccc(C#N)cc4)cc32)cc1. The Hall–Kier alpha value is -16.0. The van der Waals surface area contributed by atoms with Gasteiger partial charge in [-0.15, -0.1) is 0 Å². The fourth-order valence-electron chi connectivity index (χ4n) is 17.0. The molecule has 12 heteroatoms. The molecule has 0 aliphatic rings. The Morgan fingerprint density at radius 3 is 0.621 bits per heavy atom. The van der Waals surface area contributed by atoms with Gasteiger partial charge >= 0.3 is 0 Å². The summed E-state index contributed by atoms with van der Waals surface area (Å²) in [5.74, 6) is 1.15. The van der Waals surface area contributed by atoms with E-state index in [9.17, 15) is 14.0 Å². The zero-order valence-corrected chi connectivity index (χ0v) is 69.8. The second kappa shape index (κ2) is 32.6. The van der Waals surface area contributed by atoms with Crippen molar-refractivity contribution < 1.29 is 18.3 Å². The summed E-state index contributed by atoms with van der Waals surface area (Å²) < 4.78 is 52.4. The molecule has 0 fully saturated rings. The van der Waals surface area contributed by atoms with E-state index in [0.717, 1.165) is 157 Å². The van der Waals surface area contributed by atoms with Gasteiger partial charge in [0.1, 0.15) is 23.1 Å². The van der Waals surface area contributed by atoms with Crippen molar-refractivity contribution in [3.63, 3.8) is 0 Å². The molecular weight excluding hydrogens is 1530 g/mol. The van der Waals surface area contributed by atoms with E-state index in [0.29, 0.717) is 11.3 Å². The van der Waals surface area contributed by atoms with E-state index in [-0.39, 0.29) is 11.6 Å². The molecule has 0 spiro atoms. The molecule has 0 saturated heterocycles. The summed E-state index contributed by atoms with van der Waals surface area (Å²) in [6.07, 6.45) is 0. The van der Waals surface area contributed by atoms with Crippen LogP contribution in [-0.4, -0.2) is 41.6 Å². The molecule has 21 aromatic rings. The van der Waals surface area contributed by atoms with Gasteiger partial charge in [-0.05, 0) is 281 Å². The molecule has 0 atom stereocenters. The number of fused-ring (bicyclic) bond motifs is 6. The molecule has 598 valence electrons. The van der Waals surface area contributed by atoms with Crippen LogP contribution in [0.2, 0.25) is 0 Å². The molecule has 0 radical (unpaired) electrons. The van der Waals surface area contributed by atoms with Crippen LogP contribution in [0.15, 0.2) is 364 Å². The van der Waals surface area contributed by atoms with Crippen LogP contribution in [0.4, 0.5) is 14.5 Å². The van der Waals surface area contributed by atoms with Gasteiger partial charge < -0.3 is 36.9 Å². The number of aromatic nitrogens is 6. The summed E-state index contributed by atoms with van der Waals surface area (Å²) in [5, 5.41) is 16.1. The highest BCUT2D eigenvalue weighted by Gasteiger charge is 2.24. The van der Waals surface area contributed by atoms with Crippen molar-refractivity contribution in [1.29, 1.82) is 5.26 Å². The number of aryl methyl sites for hydroxylation is 6. The molecule has 10 nitrogen and oxygen atoms in total. The third kappa shape index (κ3) is 14.9. The van der Waals surface area contributed by atoms with Crippen molar-refractivity contribution >= 4 is 71.1 Å².